The molecule has 0 spiro atoms. The third-order valence-corrected chi connectivity index (χ3v) is 6.11. The number of carbonyl (C=O) groups is 3. The molecule has 3 rings (SSSR count). The lowest BCUT2D eigenvalue weighted by atomic mass is 10.1. The van der Waals surface area contributed by atoms with Gasteiger partial charge in [-0.05, 0) is 91.8 Å². The van der Waals surface area contributed by atoms with Crippen LogP contribution in [-0.4, -0.2) is 53.7 Å². The van der Waals surface area contributed by atoms with Gasteiger partial charge >= 0.3 is 0 Å². The zero-order valence-corrected chi connectivity index (χ0v) is 22.9. The molecule has 0 aliphatic carbocycles. The Morgan fingerprint density at radius 1 is 0.902 bits per heavy atom. The second-order valence-corrected chi connectivity index (χ2v) is 9.18. The first-order valence-corrected chi connectivity index (χ1v) is 13.1. The Balaban J connectivity index is 1.48. The van der Waals surface area contributed by atoms with Crippen LogP contribution in [0.5, 0.6) is 5.75 Å². The van der Waals surface area contributed by atoms with Crippen molar-refractivity contribution in [2.24, 2.45) is 0 Å². The number of anilines is 1. The highest BCUT2D eigenvalue weighted by Crippen LogP contribution is 2.19. The van der Waals surface area contributed by atoms with E-state index < -0.39 is 30.4 Å². The van der Waals surface area contributed by atoms with Gasteiger partial charge in [-0.2, -0.15) is 0 Å². The summed E-state index contributed by atoms with van der Waals surface area (Å²) in [5.41, 5.74) is 3.42. The normalized spacial score (nSPS) is 11.5. The number of carbonyl (C=O) groups excluding carboxylic acids is 3. The fourth-order valence-electron chi connectivity index (χ4n) is 3.91. The van der Waals surface area contributed by atoms with Crippen molar-refractivity contribution < 1.29 is 29.3 Å². The smallest absolute Gasteiger partial charge is 0.251 e. The van der Waals surface area contributed by atoms with Crippen LogP contribution in [-0.2, 0) is 16.0 Å². The maximum absolute atomic E-state index is 12.4. The fraction of sp³-hybridized carbons (Fsp3) is 0.242. The van der Waals surface area contributed by atoms with E-state index in [2.05, 4.69) is 34.3 Å². The van der Waals surface area contributed by atoms with Gasteiger partial charge in [-0.1, -0.05) is 30.0 Å². The van der Waals surface area contributed by atoms with E-state index in [0.29, 0.717) is 24.1 Å². The van der Waals surface area contributed by atoms with E-state index in [0.717, 1.165) is 23.3 Å². The van der Waals surface area contributed by atoms with Gasteiger partial charge in [-0.3, -0.25) is 14.4 Å². The second kappa shape index (κ2) is 15.6. The van der Waals surface area contributed by atoms with Gasteiger partial charge in [0.15, 0.2) is 5.78 Å². The SMILES string of the molecule is COc1ccccc1CCCC(=O)Nc1ccc(C#CC#Cc2ccc(C(=O)N[C@H](C(=O)CO)[C@@H](C)O)cc2)cc1. The number of benzene rings is 3. The Hall–Kier alpha value is -4.89. The van der Waals surface area contributed by atoms with E-state index in [-0.39, 0.29) is 11.5 Å². The molecule has 0 saturated heterocycles. The lowest BCUT2D eigenvalue weighted by Crippen LogP contribution is -2.48. The quantitative estimate of drug-likeness (QED) is 0.271. The van der Waals surface area contributed by atoms with E-state index in [4.69, 9.17) is 9.84 Å². The Bertz CT molecular complexity index is 1470. The standard InChI is InChI=1S/C33H32N2O6/c1-23(37)32(29(38)22-36)35-33(40)27-18-14-24(15-19-27)8-3-4-9-25-16-20-28(21-17-25)34-31(39)13-7-11-26-10-5-6-12-30(26)41-2/h5-6,10,12,14-21,23,32,36-37H,7,11,13,22H2,1-2H3,(H,34,39)(H,35,40)/t23-,32+/m1/s1. The Morgan fingerprint density at radius 2 is 1.51 bits per heavy atom. The molecule has 41 heavy (non-hydrogen) atoms. The predicted octanol–water partition coefficient (Wildman–Crippen LogP) is 3.10. The Morgan fingerprint density at radius 3 is 2.10 bits per heavy atom. The average molecular weight is 553 g/mol. The summed E-state index contributed by atoms with van der Waals surface area (Å²) >= 11 is 0. The summed E-state index contributed by atoms with van der Waals surface area (Å²) in [6.07, 6.45) is 0.717. The molecule has 0 aliphatic heterocycles. The molecule has 0 fully saturated rings. The predicted molar refractivity (Wildman–Crippen MR) is 156 cm³/mol. The van der Waals surface area contributed by atoms with Crippen LogP contribution in [0.3, 0.4) is 0 Å². The molecule has 0 heterocycles. The molecule has 0 bridgehead atoms. The number of aliphatic hydroxyl groups excluding tert-OH is 2. The number of amides is 2. The number of aryl methyl sites for hydroxylation is 1. The first-order valence-electron chi connectivity index (χ1n) is 13.1. The summed E-state index contributed by atoms with van der Waals surface area (Å²) in [4.78, 5) is 36.4. The number of Topliss-reactive ketones (excluding diaryl/α,β-unsaturated/α-hetero) is 1. The molecule has 3 aromatic rings. The molecule has 0 unspecified atom stereocenters. The average Bonchev–Trinajstić information content (AvgIpc) is 2.98. The monoisotopic (exact) mass is 552 g/mol. The van der Waals surface area contributed by atoms with Crippen LogP contribution in [0.4, 0.5) is 5.69 Å². The first kappa shape index (κ1) is 30.6. The highest BCUT2D eigenvalue weighted by molar-refractivity contribution is 5.98. The van der Waals surface area contributed by atoms with Crippen LogP contribution in [0.25, 0.3) is 0 Å². The molecule has 0 aliphatic rings. The van der Waals surface area contributed by atoms with Crippen molar-refractivity contribution in [1.29, 1.82) is 0 Å². The minimum atomic E-state index is -1.19. The minimum absolute atomic E-state index is 0.0606. The van der Waals surface area contributed by atoms with E-state index in [1.165, 1.54) is 6.92 Å². The molecule has 3 aromatic carbocycles. The number of rotatable bonds is 11. The van der Waals surface area contributed by atoms with Crippen LogP contribution in [0, 0.1) is 23.7 Å². The molecular weight excluding hydrogens is 520 g/mol. The van der Waals surface area contributed by atoms with Crippen molar-refractivity contribution in [2.45, 2.75) is 38.3 Å². The zero-order chi connectivity index (χ0) is 29.6. The summed E-state index contributed by atoms with van der Waals surface area (Å²) in [6.45, 7) is 0.580. The number of hydrogen-bond acceptors (Lipinski definition) is 6. The highest BCUT2D eigenvalue weighted by atomic mass is 16.5. The summed E-state index contributed by atoms with van der Waals surface area (Å²) in [5.74, 6) is 10.9. The fourth-order valence-corrected chi connectivity index (χ4v) is 3.91. The molecule has 2 atom stereocenters. The van der Waals surface area contributed by atoms with E-state index >= 15 is 0 Å². The third kappa shape index (κ3) is 9.66. The summed E-state index contributed by atoms with van der Waals surface area (Å²) in [7, 11) is 1.64. The number of ether oxygens (including phenoxy) is 1. The summed E-state index contributed by atoms with van der Waals surface area (Å²) < 4.78 is 5.35. The zero-order valence-electron chi connectivity index (χ0n) is 22.9. The van der Waals surface area contributed by atoms with Crippen LogP contribution >= 0.6 is 0 Å². The number of nitrogens with one attached hydrogen (secondary N) is 2. The van der Waals surface area contributed by atoms with Crippen molar-refractivity contribution >= 4 is 23.3 Å². The lowest BCUT2D eigenvalue weighted by molar-refractivity contribution is -0.126. The van der Waals surface area contributed by atoms with Crippen molar-refractivity contribution in [3.63, 3.8) is 0 Å². The highest BCUT2D eigenvalue weighted by Gasteiger charge is 2.25. The minimum Gasteiger partial charge on any atom is -0.496 e. The molecule has 0 radical (unpaired) electrons. The van der Waals surface area contributed by atoms with E-state index in [1.807, 2.05) is 24.3 Å². The largest absolute Gasteiger partial charge is 0.496 e. The van der Waals surface area contributed by atoms with Crippen molar-refractivity contribution in [1.82, 2.24) is 5.32 Å². The Kier molecular flexibility index (Phi) is 11.7. The molecule has 210 valence electrons. The Labute approximate surface area is 239 Å². The maximum Gasteiger partial charge on any atom is 0.251 e. The summed E-state index contributed by atoms with van der Waals surface area (Å²) in [6, 6.07) is 20.1. The number of para-hydroxylation sites is 1. The van der Waals surface area contributed by atoms with Gasteiger partial charge in [0.1, 0.15) is 18.4 Å². The van der Waals surface area contributed by atoms with Gasteiger partial charge in [0.05, 0.1) is 13.2 Å². The van der Waals surface area contributed by atoms with Gasteiger partial charge in [-0.25, -0.2) is 0 Å². The van der Waals surface area contributed by atoms with E-state index in [1.54, 1.807) is 55.6 Å². The van der Waals surface area contributed by atoms with Crippen LogP contribution < -0.4 is 15.4 Å². The molecular formula is C33H32N2O6. The van der Waals surface area contributed by atoms with E-state index in [9.17, 15) is 19.5 Å². The van der Waals surface area contributed by atoms with Crippen molar-refractivity contribution in [3.8, 4) is 29.4 Å². The van der Waals surface area contributed by atoms with Gasteiger partial charge in [0, 0.05) is 28.8 Å². The van der Waals surface area contributed by atoms with Crippen molar-refractivity contribution in [2.75, 3.05) is 19.0 Å². The maximum atomic E-state index is 12.4. The van der Waals surface area contributed by atoms with Crippen LogP contribution in [0.15, 0.2) is 72.8 Å². The molecule has 0 saturated carbocycles. The van der Waals surface area contributed by atoms with Crippen molar-refractivity contribution in [3.05, 3.63) is 95.1 Å². The second-order valence-electron chi connectivity index (χ2n) is 9.18. The van der Waals surface area contributed by atoms with Gasteiger partial charge in [0.25, 0.3) is 5.91 Å². The third-order valence-electron chi connectivity index (χ3n) is 6.11. The lowest BCUT2D eigenvalue weighted by Gasteiger charge is -2.19. The van der Waals surface area contributed by atoms with Gasteiger partial charge in [0.2, 0.25) is 5.91 Å². The molecule has 8 heteroatoms. The van der Waals surface area contributed by atoms with Gasteiger partial charge in [-0.15, -0.1) is 0 Å². The topological polar surface area (TPSA) is 125 Å². The van der Waals surface area contributed by atoms with Gasteiger partial charge < -0.3 is 25.6 Å². The molecule has 2 amide bonds. The molecule has 0 aromatic heterocycles. The van der Waals surface area contributed by atoms with Crippen LogP contribution in [0.2, 0.25) is 0 Å². The molecule has 4 N–H and O–H groups in total. The number of methoxy groups -OCH3 is 1. The molecule has 8 nitrogen and oxygen atoms in total. The number of ketones is 1. The number of aliphatic hydroxyl groups is 2. The first-order chi connectivity index (χ1) is 19.8. The van der Waals surface area contributed by atoms with Crippen LogP contribution in [0.1, 0.15) is 46.8 Å². The summed E-state index contributed by atoms with van der Waals surface area (Å²) in [5, 5.41) is 24.0. The number of hydrogen-bond donors (Lipinski definition) is 4.